The van der Waals surface area contributed by atoms with Crippen LogP contribution >= 0.6 is 0 Å². The van der Waals surface area contributed by atoms with Gasteiger partial charge in [0.15, 0.2) is 5.82 Å². The van der Waals surface area contributed by atoms with Crippen molar-refractivity contribution in [3.05, 3.63) is 12.0 Å². The lowest BCUT2D eigenvalue weighted by molar-refractivity contribution is 0.184. The Balaban J connectivity index is 2.41. The summed E-state index contributed by atoms with van der Waals surface area (Å²) in [6.07, 6.45) is 2.51. The Bertz CT molecular complexity index is 280. The van der Waals surface area contributed by atoms with Gasteiger partial charge in [0.2, 0.25) is 0 Å². The number of imidazole rings is 1. The van der Waals surface area contributed by atoms with Gasteiger partial charge in [-0.1, -0.05) is 0 Å². The molecule has 0 aliphatic carbocycles. The van der Waals surface area contributed by atoms with Crippen LogP contribution in [0.3, 0.4) is 0 Å². The quantitative estimate of drug-likeness (QED) is 0.486. The number of aliphatic hydroxyl groups excluding tert-OH is 1. The van der Waals surface area contributed by atoms with E-state index in [2.05, 4.69) is 20.3 Å². The fourth-order valence-electron chi connectivity index (χ4n) is 1.02. The molecule has 58 valence electrons. The summed E-state index contributed by atoms with van der Waals surface area (Å²) in [7, 11) is 0. The lowest BCUT2D eigenvalue weighted by atomic mass is 10.2. The molecular weight excluding hydrogens is 144 g/mol. The van der Waals surface area contributed by atoms with Crippen molar-refractivity contribution in [2.24, 2.45) is 4.99 Å². The number of H-pyrrole nitrogens is 1. The maximum absolute atomic E-state index is 9.41. The molecule has 2 heterocycles. The average Bonchev–Trinajstić information content (AvgIpc) is 2.40. The molecule has 2 rings (SSSR count). The first-order valence-electron chi connectivity index (χ1n) is 3.34. The van der Waals surface area contributed by atoms with E-state index in [9.17, 15) is 5.11 Å². The highest BCUT2D eigenvalue weighted by Crippen LogP contribution is 2.19. The smallest absolute Gasteiger partial charge is 0.155 e. The molecule has 0 fully saturated rings. The second-order valence-corrected chi connectivity index (χ2v) is 2.32. The number of aliphatic hydroxyl groups is 1. The van der Waals surface area contributed by atoms with Gasteiger partial charge in [-0.15, -0.1) is 0 Å². The number of hydrogen-bond donors (Lipinski definition) is 3. The predicted octanol–water partition coefficient (Wildman–Crippen LogP) is -0.103. The molecule has 0 unspecified atom stereocenters. The monoisotopic (exact) mass is 152 g/mol. The molecule has 1 aliphatic heterocycles. The zero-order valence-electron chi connectivity index (χ0n) is 5.78. The van der Waals surface area contributed by atoms with Gasteiger partial charge in [-0.25, -0.2) is 4.98 Å². The number of rotatable bonds is 0. The molecule has 0 spiro atoms. The van der Waals surface area contributed by atoms with Crippen LogP contribution in [0.15, 0.2) is 11.3 Å². The SMILES string of the molecule is O[C@H]1CN=CNc2nc[nH]c21. The van der Waals surface area contributed by atoms with Gasteiger partial charge in [0.25, 0.3) is 0 Å². The summed E-state index contributed by atoms with van der Waals surface area (Å²) in [5.41, 5.74) is 0.697. The summed E-state index contributed by atoms with van der Waals surface area (Å²) in [6.45, 7) is 0.377. The second-order valence-electron chi connectivity index (χ2n) is 2.32. The van der Waals surface area contributed by atoms with Crippen LogP contribution in [-0.2, 0) is 0 Å². The first-order chi connectivity index (χ1) is 5.38. The molecular formula is C6H8N4O. The largest absolute Gasteiger partial charge is 0.385 e. The van der Waals surface area contributed by atoms with Crippen LogP contribution in [0, 0.1) is 0 Å². The van der Waals surface area contributed by atoms with Crippen molar-refractivity contribution in [1.82, 2.24) is 9.97 Å². The summed E-state index contributed by atoms with van der Waals surface area (Å²) >= 11 is 0. The van der Waals surface area contributed by atoms with Crippen LogP contribution in [0.25, 0.3) is 0 Å². The van der Waals surface area contributed by atoms with Crippen molar-refractivity contribution in [1.29, 1.82) is 0 Å². The molecule has 11 heavy (non-hydrogen) atoms. The highest BCUT2D eigenvalue weighted by molar-refractivity contribution is 5.75. The number of fused-ring (bicyclic) bond motifs is 1. The minimum Gasteiger partial charge on any atom is -0.385 e. The fourth-order valence-corrected chi connectivity index (χ4v) is 1.02. The van der Waals surface area contributed by atoms with Crippen molar-refractivity contribution in [2.45, 2.75) is 6.10 Å². The van der Waals surface area contributed by atoms with Crippen LogP contribution in [0.5, 0.6) is 0 Å². The highest BCUT2D eigenvalue weighted by atomic mass is 16.3. The standard InChI is InChI=1S/C6H8N4O/c11-4-1-7-2-9-6-5(4)8-3-10-6/h2-4,11H,1H2,(H,7,9)(H,8,10)/t4-/m0/s1. The van der Waals surface area contributed by atoms with E-state index in [1.54, 1.807) is 6.33 Å². The van der Waals surface area contributed by atoms with E-state index in [0.29, 0.717) is 18.1 Å². The first kappa shape index (κ1) is 6.36. The van der Waals surface area contributed by atoms with Crippen LogP contribution in [-0.4, -0.2) is 28.0 Å². The number of nitrogens with zero attached hydrogens (tertiary/aromatic N) is 2. The van der Waals surface area contributed by atoms with E-state index in [4.69, 9.17) is 0 Å². The van der Waals surface area contributed by atoms with Crippen molar-refractivity contribution in [3.8, 4) is 0 Å². The van der Waals surface area contributed by atoms with Crippen molar-refractivity contribution >= 4 is 12.2 Å². The van der Waals surface area contributed by atoms with E-state index in [1.165, 1.54) is 6.34 Å². The number of aromatic amines is 1. The Hall–Kier alpha value is -1.36. The third-order valence-electron chi connectivity index (χ3n) is 1.57. The van der Waals surface area contributed by atoms with Gasteiger partial charge in [0, 0.05) is 0 Å². The molecule has 0 bridgehead atoms. The van der Waals surface area contributed by atoms with Crippen LogP contribution in [0.2, 0.25) is 0 Å². The van der Waals surface area contributed by atoms with E-state index < -0.39 is 6.10 Å². The molecule has 1 aromatic rings. The van der Waals surface area contributed by atoms with E-state index in [0.717, 1.165) is 0 Å². The molecule has 0 radical (unpaired) electrons. The van der Waals surface area contributed by atoms with E-state index in [1.807, 2.05) is 0 Å². The summed E-state index contributed by atoms with van der Waals surface area (Å²) in [5.74, 6) is 0.652. The number of aliphatic imine (C=N–C) groups is 1. The molecule has 0 saturated heterocycles. The lowest BCUT2D eigenvalue weighted by Crippen LogP contribution is -2.01. The maximum Gasteiger partial charge on any atom is 0.155 e. The van der Waals surface area contributed by atoms with Gasteiger partial charge in [0.05, 0.1) is 24.9 Å². The van der Waals surface area contributed by atoms with Gasteiger partial charge < -0.3 is 15.4 Å². The summed E-state index contributed by atoms with van der Waals surface area (Å²) < 4.78 is 0. The molecule has 5 nitrogen and oxygen atoms in total. The predicted molar refractivity (Wildman–Crippen MR) is 40.5 cm³/mol. The third kappa shape index (κ3) is 0.988. The number of hydrogen-bond acceptors (Lipinski definition) is 4. The van der Waals surface area contributed by atoms with Gasteiger partial charge in [-0.2, -0.15) is 0 Å². The van der Waals surface area contributed by atoms with Crippen LogP contribution < -0.4 is 5.32 Å². The van der Waals surface area contributed by atoms with Gasteiger partial charge in [-0.3, -0.25) is 4.99 Å². The summed E-state index contributed by atoms with van der Waals surface area (Å²) in [5, 5.41) is 12.2. The maximum atomic E-state index is 9.41. The van der Waals surface area contributed by atoms with Crippen molar-refractivity contribution in [2.75, 3.05) is 11.9 Å². The average molecular weight is 152 g/mol. The number of nitrogens with one attached hydrogen (secondary N) is 2. The zero-order chi connectivity index (χ0) is 7.68. The van der Waals surface area contributed by atoms with E-state index in [-0.39, 0.29) is 0 Å². The summed E-state index contributed by atoms with van der Waals surface area (Å²) in [6, 6.07) is 0. The normalized spacial score (nSPS) is 22.1. The Morgan fingerprint density at radius 3 is 3.45 bits per heavy atom. The third-order valence-corrected chi connectivity index (χ3v) is 1.57. The van der Waals surface area contributed by atoms with Gasteiger partial charge in [-0.05, 0) is 0 Å². The van der Waals surface area contributed by atoms with Crippen LogP contribution in [0.1, 0.15) is 11.8 Å². The Labute approximate surface area is 63.2 Å². The van der Waals surface area contributed by atoms with Crippen molar-refractivity contribution in [3.63, 3.8) is 0 Å². The molecule has 0 saturated carbocycles. The van der Waals surface area contributed by atoms with E-state index >= 15 is 0 Å². The van der Waals surface area contributed by atoms with Gasteiger partial charge >= 0.3 is 0 Å². The second kappa shape index (κ2) is 2.35. The molecule has 1 atom stereocenters. The molecule has 3 N–H and O–H groups in total. The lowest BCUT2D eigenvalue weighted by Gasteiger charge is -2.02. The van der Waals surface area contributed by atoms with Gasteiger partial charge in [0.1, 0.15) is 6.10 Å². The molecule has 0 amide bonds. The van der Waals surface area contributed by atoms with Crippen LogP contribution in [0.4, 0.5) is 5.82 Å². The minimum absolute atomic E-state index is 0.377. The minimum atomic E-state index is -0.571. The van der Waals surface area contributed by atoms with Crippen molar-refractivity contribution < 1.29 is 5.11 Å². The molecule has 1 aliphatic rings. The number of anilines is 1. The Kier molecular flexibility index (Phi) is 1.36. The first-order valence-corrected chi connectivity index (χ1v) is 3.34. The summed E-state index contributed by atoms with van der Waals surface area (Å²) in [4.78, 5) is 10.7. The number of aromatic nitrogens is 2. The zero-order valence-corrected chi connectivity index (χ0v) is 5.78. The highest BCUT2D eigenvalue weighted by Gasteiger charge is 2.15. The Morgan fingerprint density at radius 2 is 2.55 bits per heavy atom. The topological polar surface area (TPSA) is 73.3 Å². The molecule has 1 aromatic heterocycles. The molecule has 5 heteroatoms. The Morgan fingerprint density at radius 1 is 1.64 bits per heavy atom. The fraction of sp³-hybridized carbons (Fsp3) is 0.333. The molecule has 0 aromatic carbocycles.